The third-order valence-electron chi connectivity index (χ3n) is 2.48. The maximum absolute atomic E-state index is 9.95. The van der Waals surface area contributed by atoms with Crippen molar-refractivity contribution in [2.75, 3.05) is 0 Å². The van der Waals surface area contributed by atoms with Crippen molar-refractivity contribution in [2.45, 2.75) is 32.8 Å². The highest BCUT2D eigenvalue weighted by molar-refractivity contribution is 6.31. The summed E-state index contributed by atoms with van der Waals surface area (Å²) in [6.07, 6.45) is 0.687. The van der Waals surface area contributed by atoms with E-state index >= 15 is 0 Å². The second-order valence-corrected chi connectivity index (χ2v) is 4.00. The second kappa shape index (κ2) is 3.69. The molecule has 0 aliphatic heterocycles. The zero-order valence-corrected chi connectivity index (χ0v) is 9.02. The molecule has 0 saturated carbocycles. The van der Waals surface area contributed by atoms with Crippen LogP contribution in [0.25, 0.3) is 0 Å². The molecule has 0 radical (unpaired) electrons. The van der Waals surface area contributed by atoms with Gasteiger partial charge in [-0.3, -0.25) is 0 Å². The van der Waals surface area contributed by atoms with Crippen LogP contribution >= 0.6 is 11.6 Å². The van der Waals surface area contributed by atoms with Crippen LogP contribution in [0.3, 0.4) is 0 Å². The molecular formula is C11H15ClO. The summed E-state index contributed by atoms with van der Waals surface area (Å²) in [6.45, 7) is 5.70. The minimum atomic E-state index is -0.767. The topological polar surface area (TPSA) is 20.2 Å². The Morgan fingerprint density at radius 3 is 2.54 bits per heavy atom. The van der Waals surface area contributed by atoms with E-state index in [4.69, 9.17) is 11.6 Å². The highest BCUT2D eigenvalue weighted by atomic mass is 35.5. The predicted molar refractivity (Wildman–Crippen MR) is 56.1 cm³/mol. The van der Waals surface area contributed by atoms with Crippen LogP contribution in [-0.4, -0.2) is 5.11 Å². The summed E-state index contributed by atoms with van der Waals surface area (Å²) in [5.74, 6) is 0. The van der Waals surface area contributed by atoms with Crippen molar-refractivity contribution in [3.05, 3.63) is 34.3 Å². The number of halogens is 1. The quantitative estimate of drug-likeness (QED) is 0.774. The highest BCUT2D eigenvalue weighted by Crippen LogP contribution is 2.27. The van der Waals surface area contributed by atoms with Gasteiger partial charge in [0.1, 0.15) is 0 Å². The van der Waals surface area contributed by atoms with E-state index < -0.39 is 5.60 Å². The fourth-order valence-electron chi connectivity index (χ4n) is 1.13. The van der Waals surface area contributed by atoms with E-state index in [0.29, 0.717) is 11.4 Å². The SMILES string of the molecule is CC[C@@](C)(O)c1ccc(C)c(Cl)c1. The van der Waals surface area contributed by atoms with Crippen molar-refractivity contribution in [3.63, 3.8) is 0 Å². The van der Waals surface area contributed by atoms with Crippen molar-refractivity contribution in [2.24, 2.45) is 0 Å². The average molecular weight is 199 g/mol. The Labute approximate surface area is 84.4 Å². The Bertz CT molecular complexity index is 305. The van der Waals surface area contributed by atoms with Gasteiger partial charge in [0.05, 0.1) is 5.60 Å². The molecule has 13 heavy (non-hydrogen) atoms. The summed E-state index contributed by atoms with van der Waals surface area (Å²) in [7, 11) is 0. The minimum absolute atomic E-state index is 0.687. The highest BCUT2D eigenvalue weighted by Gasteiger charge is 2.20. The maximum Gasteiger partial charge on any atom is 0.0866 e. The van der Waals surface area contributed by atoms with Crippen molar-refractivity contribution in [1.82, 2.24) is 0 Å². The standard InChI is InChI=1S/C11H15ClO/c1-4-11(3,13)9-6-5-8(2)10(12)7-9/h5-7,13H,4H2,1-3H3/t11-/m1/s1. The average Bonchev–Trinajstić information content (AvgIpc) is 2.09. The molecule has 0 amide bonds. The van der Waals surface area contributed by atoms with Crippen LogP contribution in [-0.2, 0) is 5.60 Å². The molecule has 0 aromatic heterocycles. The fraction of sp³-hybridized carbons (Fsp3) is 0.455. The molecule has 2 heteroatoms. The van der Waals surface area contributed by atoms with E-state index in [1.165, 1.54) is 0 Å². The Kier molecular flexibility index (Phi) is 2.99. The van der Waals surface area contributed by atoms with E-state index in [-0.39, 0.29) is 0 Å². The van der Waals surface area contributed by atoms with Crippen LogP contribution in [0, 0.1) is 6.92 Å². The fourth-order valence-corrected chi connectivity index (χ4v) is 1.31. The molecule has 1 rings (SSSR count). The van der Waals surface area contributed by atoms with E-state index in [9.17, 15) is 5.11 Å². The third-order valence-corrected chi connectivity index (χ3v) is 2.89. The zero-order valence-electron chi connectivity index (χ0n) is 8.26. The molecule has 1 nitrogen and oxygen atoms in total. The van der Waals surface area contributed by atoms with Crippen molar-refractivity contribution >= 4 is 11.6 Å². The molecule has 1 aromatic rings. The smallest absolute Gasteiger partial charge is 0.0866 e. The van der Waals surface area contributed by atoms with Crippen LogP contribution in [0.2, 0.25) is 5.02 Å². The Balaban J connectivity index is 3.10. The van der Waals surface area contributed by atoms with Gasteiger partial charge in [0, 0.05) is 5.02 Å². The molecule has 0 heterocycles. The van der Waals surface area contributed by atoms with Gasteiger partial charge in [-0.25, -0.2) is 0 Å². The van der Waals surface area contributed by atoms with Gasteiger partial charge >= 0.3 is 0 Å². The van der Waals surface area contributed by atoms with Gasteiger partial charge in [-0.15, -0.1) is 0 Å². The molecule has 0 spiro atoms. The number of aliphatic hydroxyl groups is 1. The first kappa shape index (κ1) is 10.6. The molecule has 1 N–H and O–H groups in total. The molecule has 0 aliphatic carbocycles. The lowest BCUT2D eigenvalue weighted by atomic mass is 9.93. The largest absolute Gasteiger partial charge is 0.385 e. The zero-order chi connectivity index (χ0) is 10.1. The van der Waals surface area contributed by atoms with Gasteiger partial charge in [-0.1, -0.05) is 30.7 Å². The van der Waals surface area contributed by atoms with Crippen LogP contribution < -0.4 is 0 Å². The van der Waals surface area contributed by atoms with Crippen LogP contribution in [0.1, 0.15) is 31.4 Å². The Morgan fingerprint density at radius 2 is 2.08 bits per heavy atom. The molecule has 0 fully saturated rings. The number of hydrogen-bond donors (Lipinski definition) is 1. The summed E-state index contributed by atoms with van der Waals surface area (Å²) in [4.78, 5) is 0. The van der Waals surface area contributed by atoms with Gasteiger partial charge < -0.3 is 5.11 Å². The minimum Gasteiger partial charge on any atom is -0.385 e. The predicted octanol–water partition coefficient (Wildman–Crippen LogP) is 3.27. The first-order valence-electron chi connectivity index (χ1n) is 4.46. The van der Waals surface area contributed by atoms with Crippen LogP contribution in [0.4, 0.5) is 0 Å². The summed E-state index contributed by atoms with van der Waals surface area (Å²) in [5, 5.41) is 10.7. The first-order chi connectivity index (χ1) is 5.97. The molecule has 72 valence electrons. The number of aryl methyl sites for hydroxylation is 1. The van der Waals surface area contributed by atoms with Gasteiger partial charge in [0.25, 0.3) is 0 Å². The van der Waals surface area contributed by atoms with E-state index in [1.54, 1.807) is 6.92 Å². The summed E-state index contributed by atoms with van der Waals surface area (Å²) in [6, 6.07) is 5.69. The molecule has 0 saturated heterocycles. The molecule has 1 aromatic carbocycles. The molecular weight excluding hydrogens is 184 g/mol. The normalized spacial score (nSPS) is 15.5. The van der Waals surface area contributed by atoms with Crippen LogP contribution in [0.15, 0.2) is 18.2 Å². The van der Waals surface area contributed by atoms with E-state index in [0.717, 1.165) is 11.1 Å². The van der Waals surface area contributed by atoms with E-state index in [2.05, 4.69) is 0 Å². The van der Waals surface area contributed by atoms with Crippen molar-refractivity contribution < 1.29 is 5.11 Å². The van der Waals surface area contributed by atoms with Gasteiger partial charge in [-0.05, 0) is 37.5 Å². The number of rotatable bonds is 2. The number of hydrogen-bond acceptors (Lipinski definition) is 1. The van der Waals surface area contributed by atoms with Crippen molar-refractivity contribution in [1.29, 1.82) is 0 Å². The van der Waals surface area contributed by atoms with Crippen LogP contribution in [0.5, 0.6) is 0 Å². The lowest BCUT2D eigenvalue weighted by molar-refractivity contribution is 0.0531. The second-order valence-electron chi connectivity index (χ2n) is 3.59. The summed E-state index contributed by atoms with van der Waals surface area (Å²) in [5.41, 5.74) is 1.15. The lowest BCUT2D eigenvalue weighted by Gasteiger charge is -2.22. The summed E-state index contributed by atoms with van der Waals surface area (Å²) >= 11 is 5.97. The maximum atomic E-state index is 9.95. The molecule has 0 aliphatic rings. The first-order valence-corrected chi connectivity index (χ1v) is 4.84. The lowest BCUT2D eigenvalue weighted by Crippen LogP contribution is -2.19. The monoisotopic (exact) mass is 198 g/mol. The van der Waals surface area contributed by atoms with Gasteiger partial charge in [0.15, 0.2) is 0 Å². The van der Waals surface area contributed by atoms with Gasteiger partial charge in [0.2, 0.25) is 0 Å². The Morgan fingerprint density at radius 1 is 1.46 bits per heavy atom. The van der Waals surface area contributed by atoms with E-state index in [1.807, 2.05) is 32.0 Å². The Hall–Kier alpha value is -0.530. The third kappa shape index (κ3) is 2.23. The summed E-state index contributed by atoms with van der Waals surface area (Å²) < 4.78 is 0. The van der Waals surface area contributed by atoms with Crippen molar-refractivity contribution in [3.8, 4) is 0 Å². The van der Waals surface area contributed by atoms with Gasteiger partial charge in [-0.2, -0.15) is 0 Å². The number of benzene rings is 1. The molecule has 0 bridgehead atoms. The molecule has 0 unspecified atom stereocenters. The molecule has 1 atom stereocenters.